The first-order valence-electron chi connectivity index (χ1n) is 44.0. The number of halogens is 4. The fourth-order valence-electron chi connectivity index (χ4n) is 16.6. The lowest BCUT2D eigenvalue weighted by atomic mass is 9.97. The third kappa shape index (κ3) is 20.6. The van der Waals surface area contributed by atoms with Gasteiger partial charge in [-0.25, -0.2) is 41.3 Å². The number of rotatable bonds is 20. The van der Waals surface area contributed by atoms with Gasteiger partial charge in [-0.05, 0) is 241 Å². The van der Waals surface area contributed by atoms with Gasteiger partial charge in [-0.2, -0.15) is 34.6 Å². The number of aryl methyl sites for hydroxylation is 3. The lowest BCUT2D eigenvalue weighted by molar-refractivity contribution is 0.139. The Kier molecular flexibility index (Phi) is 29.1. The first-order valence-corrected chi connectivity index (χ1v) is 44.0. The summed E-state index contributed by atoms with van der Waals surface area (Å²) in [7, 11) is 7.67. The Balaban J connectivity index is 0.000000136. The number of nitrogens with one attached hydrogen (secondary N) is 2. The average Bonchev–Trinajstić information content (AvgIpc) is 1.76. The van der Waals surface area contributed by atoms with Gasteiger partial charge in [0, 0.05) is 122 Å². The number of benzene rings is 10. The van der Waals surface area contributed by atoms with Crippen molar-refractivity contribution in [3.8, 4) is 124 Å². The number of nitrogens with two attached hydrogens (primary N) is 1. The van der Waals surface area contributed by atoms with Crippen molar-refractivity contribution in [3.05, 3.63) is 378 Å². The van der Waals surface area contributed by atoms with E-state index in [0.717, 1.165) is 106 Å². The van der Waals surface area contributed by atoms with Crippen LogP contribution in [0.2, 0.25) is 0 Å². The van der Waals surface area contributed by atoms with Crippen molar-refractivity contribution >= 4 is 73.6 Å². The molecular weight excluding hydrogens is 1790 g/mol. The van der Waals surface area contributed by atoms with Crippen LogP contribution in [-0.4, -0.2) is 125 Å². The first kappa shape index (κ1) is 95.9. The summed E-state index contributed by atoms with van der Waals surface area (Å²) in [5.74, 6) is 1.58. The zero-order valence-corrected chi connectivity index (χ0v) is 76.8. The Morgan fingerprint density at radius 2 is 0.915 bits per heavy atom. The zero-order valence-electron chi connectivity index (χ0n) is 76.8. The van der Waals surface area contributed by atoms with Gasteiger partial charge < -0.3 is 49.6 Å². The maximum absolute atomic E-state index is 13.8. The highest BCUT2D eigenvalue weighted by Crippen LogP contribution is 2.43. The summed E-state index contributed by atoms with van der Waals surface area (Å²) >= 11 is 0. The van der Waals surface area contributed by atoms with Crippen LogP contribution in [-0.2, 0) is 17.7 Å². The van der Waals surface area contributed by atoms with Gasteiger partial charge in [0.1, 0.15) is 35.9 Å². The van der Waals surface area contributed by atoms with Gasteiger partial charge in [0.2, 0.25) is 11.4 Å². The molecule has 9 heterocycles. The van der Waals surface area contributed by atoms with Gasteiger partial charge in [0.05, 0.1) is 117 Å². The Hall–Kier alpha value is -18.3. The molecule has 0 radical (unpaired) electrons. The summed E-state index contributed by atoms with van der Waals surface area (Å²) in [6, 6.07) is 73.1. The van der Waals surface area contributed by atoms with Crippen LogP contribution in [0.4, 0.5) is 43.5 Å². The topological polar surface area (TPSA) is 307 Å². The fraction of sp³-hybridized carbons (Fsp3) is 0.126. The van der Waals surface area contributed by atoms with Crippen LogP contribution in [0, 0.1) is 61.9 Å². The third-order valence-electron chi connectivity index (χ3n) is 23.6. The number of nitriles is 1. The van der Waals surface area contributed by atoms with E-state index in [2.05, 4.69) is 73.9 Å². The summed E-state index contributed by atoms with van der Waals surface area (Å²) in [4.78, 5) is 64.7. The van der Waals surface area contributed by atoms with E-state index in [1.165, 1.54) is 88.6 Å². The van der Waals surface area contributed by atoms with Gasteiger partial charge in [-0.15, -0.1) is 0 Å². The van der Waals surface area contributed by atoms with E-state index in [1.807, 2.05) is 146 Å². The predicted molar refractivity (Wildman–Crippen MR) is 536 cm³/mol. The molecule has 20 rings (SSSR count). The average molecular weight is 1880 g/mol. The van der Waals surface area contributed by atoms with Crippen LogP contribution in [0.3, 0.4) is 0 Å². The van der Waals surface area contributed by atoms with E-state index in [4.69, 9.17) is 46.0 Å². The summed E-state index contributed by atoms with van der Waals surface area (Å²) in [6.07, 6.45) is 18.2. The quantitative estimate of drug-likeness (QED) is 0.0471. The van der Waals surface area contributed by atoms with E-state index in [9.17, 15) is 31.9 Å². The minimum atomic E-state index is -0.571. The molecule has 4 N–H and O–H groups in total. The molecule has 1 atom stereocenters. The number of methoxy groups -OCH3 is 5. The number of carbonyl (C=O) groups excluding carboxylic acids is 3. The Morgan fingerprint density at radius 1 is 0.468 bits per heavy atom. The van der Waals surface area contributed by atoms with E-state index >= 15 is 0 Å². The molecule has 10 aromatic carbocycles. The summed E-state index contributed by atoms with van der Waals surface area (Å²) in [5.41, 5.74) is 28.7. The second kappa shape index (κ2) is 42.7. The van der Waals surface area contributed by atoms with Gasteiger partial charge in [-0.3, -0.25) is 19.9 Å². The monoisotopic (exact) mass is 1880 g/mol. The highest BCUT2D eigenvalue weighted by molar-refractivity contribution is 6.00. The second-order valence-electron chi connectivity index (χ2n) is 32.5. The molecule has 9 aromatic heterocycles. The molecule has 702 valence electrons. The molecule has 0 saturated heterocycles. The number of pyridine rings is 5. The molecule has 141 heavy (non-hydrogen) atoms. The molecular formula is C111H91F4N17O9. The van der Waals surface area contributed by atoms with Crippen molar-refractivity contribution in [1.82, 2.24) is 64.0 Å². The molecule has 1 aliphatic carbocycles. The van der Waals surface area contributed by atoms with Crippen molar-refractivity contribution in [2.24, 2.45) is 5.73 Å². The molecule has 26 nitrogen and oxygen atoms in total. The number of hydrogen-bond donors (Lipinski definition) is 3. The van der Waals surface area contributed by atoms with Crippen molar-refractivity contribution in [1.29, 1.82) is 5.26 Å². The summed E-state index contributed by atoms with van der Waals surface area (Å²) in [5, 5.41) is 30.1. The van der Waals surface area contributed by atoms with E-state index < -0.39 is 17.9 Å². The highest BCUT2D eigenvalue weighted by atomic mass is 19.1. The third-order valence-corrected chi connectivity index (χ3v) is 23.6. The van der Waals surface area contributed by atoms with Gasteiger partial charge in [0.25, 0.3) is 5.82 Å². The normalized spacial score (nSPS) is 11.4. The molecule has 19 aromatic rings. The van der Waals surface area contributed by atoms with E-state index in [-0.39, 0.29) is 49.1 Å². The Morgan fingerprint density at radius 3 is 1.40 bits per heavy atom. The number of amides is 2. The number of nitrogens with zero attached hydrogens (tertiary/aromatic N) is 14. The number of ether oxygens (including phenoxy) is 6. The number of hydrogen-bond acceptors (Lipinski definition) is 19. The first-order chi connectivity index (χ1) is 68.1. The molecule has 30 heteroatoms. The second-order valence-corrected chi connectivity index (χ2v) is 32.5. The number of aromatic nitrogens is 12. The maximum Gasteiger partial charge on any atom is 0.435 e. The van der Waals surface area contributed by atoms with Crippen molar-refractivity contribution in [2.75, 3.05) is 47.5 Å². The summed E-state index contributed by atoms with van der Waals surface area (Å²) < 4.78 is 93.0. The predicted octanol–water partition coefficient (Wildman–Crippen LogP) is 24.1. The summed E-state index contributed by atoms with van der Waals surface area (Å²) in [6.45, 7) is 12.8. The lowest BCUT2D eigenvalue weighted by Gasteiger charge is -2.14. The zero-order chi connectivity index (χ0) is 97.8. The molecule has 0 bridgehead atoms. The Labute approximate surface area is 808 Å². The largest absolute Gasteiger partial charge is 0.493 e. The minimum Gasteiger partial charge on any atom is -0.493 e. The van der Waals surface area contributed by atoms with Crippen LogP contribution < -0.4 is 40.1 Å². The Bertz CT molecular complexity index is 8090. The molecule has 2 amide bonds. The standard InChI is InChI=1S/C32H27FN4O2.C29H25FN4O4.C29H25FN4O3.C20H10FN5.CH4/c1-20-15-24(10-12-29(20)33)31-28(7-4-14-35-31)22-11-13-30-25(16-22)18-36-37(30)32(38)39-19-26(34)17-23-9-8-21-5-2-3-6-27(21)23;1-17-12-19(7-9-23(17)30)27-22(6-5-11-31-27)18-8-10-24-20(13-18)16-32-34(24)29(35)33-21-14-25(36-2)28(38-4)26(15-21)37-3;1-18-13-21(7-9-24(18)30)28-23(5-4-12-31-28)20-8-10-25-22(15-20)17-33-34(25)29(35)32-16-19-6-11-26(36-2)27(14-19)37-3;1-23-19-11-25-18-7-5-14(12-26(18)19)16-3-2-8-24-20(16)13-4-6-17(21)15(9-13)10-22;/h2-7,9-16,18,26H,8,17,19,34H2,1H3;5-16H,1-4H3,(H,33,35);4-15,17H,16H2,1-3H3,(H,32,35);2-9,11-12H;1H4/t26-;;;;/m1..../s1. The number of allylic oxidation sites excluding steroid dienone is 1. The maximum atomic E-state index is 13.8. The van der Waals surface area contributed by atoms with Crippen molar-refractivity contribution < 1.29 is 60.4 Å². The lowest BCUT2D eigenvalue weighted by Crippen LogP contribution is -2.29. The van der Waals surface area contributed by atoms with Crippen LogP contribution in [0.15, 0.2) is 305 Å². The van der Waals surface area contributed by atoms with Crippen LogP contribution in [0.5, 0.6) is 28.7 Å². The number of fused-ring (bicyclic) bond motifs is 5. The van der Waals surface area contributed by atoms with Crippen LogP contribution in [0.25, 0.3) is 138 Å². The number of anilines is 1. The van der Waals surface area contributed by atoms with E-state index in [1.54, 1.807) is 149 Å². The van der Waals surface area contributed by atoms with Crippen molar-refractivity contribution in [3.63, 3.8) is 0 Å². The van der Waals surface area contributed by atoms with Crippen molar-refractivity contribution in [2.45, 2.75) is 53.6 Å². The van der Waals surface area contributed by atoms with Crippen LogP contribution in [0.1, 0.15) is 52.8 Å². The number of imidazole rings is 1. The minimum absolute atomic E-state index is 0. The highest BCUT2D eigenvalue weighted by Gasteiger charge is 2.25. The fourth-order valence-corrected chi connectivity index (χ4v) is 16.6. The molecule has 1 aliphatic rings. The van der Waals surface area contributed by atoms with Gasteiger partial charge in [0.15, 0.2) is 23.0 Å². The number of carbonyl (C=O) groups is 3. The molecule has 0 aliphatic heterocycles. The molecule has 0 spiro atoms. The van der Waals surface area contributed by atoms with Crippen LogP contribution >= 0.6 is 0 Å². The van der Waals surface area contributed by atoms with Gasteiger partial charge >= 0.3 is 18.2 Å². The van der Waals surface area contributed by atoms with Gasteiger partial charge in [-0.1, -0.05) is 92.9 Å². The smallest absolute Gasteiger partial charge is 0.435 e. The molecule has 0 fully saturated rings. The molecule has 0 saturated carbocycles. The van der Waals surface area contributed by atoms with E-state index in [0.29, 0.717) is 103 Å². The molecule has 0 unspecified atom stereocenters. The SMILES string of the molecule is C.COc1cc(NC(=O)n2ncc3cc(-c4cccnc4-c4ccc(F)c(C)c4)ccc32)cc(OC)c1OC.COc1ccc(CNC(=O)n2ncc3cc(-c4cccnc4-c4ccc(F)c(C)c4)ccc32)cc1OC.Cc1cc(-c2ncccc2-c2ccc3c(cnn3C(=O)OC[C@H](N)CC3=CCc4ccccc43)c2)ccc1F.[C-]#[N+]c1cnc2ccc(-c3cccnc3-c3ccc(F)c(C#N)c3)cn12.